The molecular formula is C23H22ClN3O2. The topological polar surface area (TPSA) is 56.4 Å². The second-order valence-electron chi connectivity index (χ2n) is 7.91. The van der Waals surface area contributed by atoms with Crippen LogP contribution in [0, 0.1) is 6.92 Å². The number of aromatic nitrogens is 1. The zero-order chi connectivity index (χ0) is 20.1. The van der Waals surface area contributed by atoms with Crippen molar-refractivity contribution >= 4 is 40.0 Å². The van der Waals surface area contributed by atoms with Crippen LogP contribution in [0.3, 0.4) is 0 Å². The molecule has 0 atom stereocenters. The molecule has 0 saturated carbocycles. The van der Waals surface area contributed by atoms with Gasteiger partial charge in [0.1, 0.15) is 0 Å². The van der Waals surface area contributed by atoms with Crippen LogP contribution in [-0.4, -0.2) is 40.8 Å². The zero-order valence-electron chi connectivity index (χ0n) is 16.2. The van der Waals surface area contributed by atoms with Gasteiger partial charge in [0.25, 0.3) is 5.91 Å². The SMILES string of the molecule is Cc1[nH]c2cc(Cl)ccc2c1C(=O)N1CCC(N2C(=O)Cc3ccccc32)CC1. The first-order valence-electron chi connectivity index (χ1n) is 10.00. The van der Waals surface area contributed by atoms with Crippen molar-refractivity contribution in [2.24, 2.45) is 0 Å². The van der Waals surface area contributed by atoms with Crippen LogP contribution in [0.5, 0.6) is 0 Å². The monoisotopic (exact) mass is 407 g/mol. The smallest absolute Gasteiger partial charge is 0.256 e. The number of nitrogens with one attached hydrogen (secondary N) is 1. The Hall–Kier alpha value is -2.79. The van der Waals surface area contributed by atoms with Crippen LogP contribution in [0.25, 0.3) is 10.9 Å². The summed E-state index contributed by atoms with van der Waals surface area (Å²) in [6.07, 6.45) is 2.06. The maximum Gasteiger partial charge on any atom is 0.256 e. The van der Waals surface area contributed by atoms with Crippen molar-refractivity contribution in [3.05, 3.63) is 64.3 Å². The molecule has 2 aromatic carbocycles. The maximum atomic E-state index is 13.3. The molecule has 0 radical (unpaired) electrons. The first-order chi connectivity index (χ1) is 14.0. The minimum Gasteiger partial charge on any atom is -0.358 e. The van der Waals surface area contributed by atoms with Crippen LogP contribution in [0.1, 0.15) is 34.5 Å². The average Bonchev–Trinajstić information content (AvgIpc) is 3.22. The van der Waals surface area contributed by atoms with E-state index in [0.29, 0.717) is 24.5 Å². The number of fused-ring (bicyclic) bond motifs is 2. The van der Waals surface area contributed by atoms with E-state index in [-0.39, 0.29) is 17.9 Å². The highest BCUT2D eigenvalue weighted by atomic mass is 35.5. The molecule has 3 aromatic rings. The Morgan fingerprint density at radius 3 is 2.69 bits per heavy atom. The van der Waals surface area contributed by atoms with Crippen LogP contribution in [0.15, 0.2) is 42.5 Å². The molecule has 2 aliphatic heterocycles. The normalized spacial score (nSPS) is 17.2. The van der Waals surface area contributed by atoms with Crippen LogP contribution in [-0.2, 0) is 11.2 Å². The Kier molecular flexibility index (Phi) is 4.36. The summed E-state index contributed by atoms with van der Waals surface area (Å²) in [7, 11) is 0. The quantitative estimate of drug-likeness (QED) is 0.687. The number of rotatable bonds is 2. The lowest BCUT2D eigenvalue weighted by atomic mass is 10.0. The van der Waals surface area contributed by atoms with Crippen molar-refractivity contribution in [1.82, 2.24) is 9.88 Å². The Bertz CT molecular complexity index is 1130. The molecule has 0 unspecified atom stereocenters. The number of halogens is 1. The molecule has 5 rings (SSSR count). The summed E-state index contributed by atoms with van der Waals surface area (Å²) in [5, 5.41) is 1.55. The van der Waals surface area contributed by atoms with Crippen LogP contribution in [0.4, 0.5) is 5.69 Å². The summed E-state index contributed by atoms with van der Waals surface area (Å²) in [5.41, 5.74) is 4.60. The van der Waals surface area contributed by atoms with Gasteiger partial charge in [-0.05, 0) is 43.5 Å². The maximum absolute atomic E-state index is 13.3. The lowest BCUT2D eigenvalue weighted by Crippen LogP contribution is -2.48. The van der Waals surface area contributed by atoms with Crippen LogP contribution in [0.2, 0.25) is 5.02 Å². The second-order valence-corrected chi connectivity index (χ2v) is 8.34. The van der Waals surface area contributed by atoms with Gasteiger partial charge in [0.05, 0.1) is 12.0 Å². The van der Waals surface area contributed by atoms with E-state index in [1.807, 2.05) is 59.2 Å². The van der Waals surface area contributed by atoms with Crippen molar-refractivity contribution in [1.29, 1.82) is 0 Å². The minimum atomic E-state index is 0.0441. The molecule has 0 spiro atoms. The lowest BCUT2D eigenvalue weighted by Gasteiger charge is -2.37. The third-order valence-corrected chi connectivity index (χ3v) is 6.38. The van der Waals surface area contributed by atoms with E-state index < -0.39 is 0 Å². The number of amides is 2. The van der Waals surface area contributed by atoms with Gasteiger partial charge in [-0.1, -0.05) is 35.9 Å². The molecule has 1 saturated heterocycles. The molecule has 2 amide bonds. The number of carbonyl (C=O) groups excluding carboxylic acids is 2. The first-order valence-corrected chi connectivity index (χ1v) is 10.4. The fourth-order valence-corrected chi connectivity index (χ4v) is 4.92. The Labute approximate surface area is 174 Å². The number of piperidine rings is 1. The zero-order valence-corrected chi connectivity index (χ0v) is 17.0. The fraction of sp³-hybridized carbons (Fsp3) is 0.304. The predicted molar refractivity (Wildman–Crippen MR) is 115 cm³/mol. The van der Waals surface area contributed by atoms with Gasteiger partial charge in [-0.15, -0.1) is 0 Å². The number of carbonyl (C=O) groups is 2. The number of anilines is 1. The van der Waals surface area contributed by atoms with Gasteiger partial charge in [0.2, 0.25) is 5.91 Å². The number of benzene rings is 2. The molecule has 6 heteroatoms. The van der Waals surface area contributed by atoms with Gasteiger partial charge in [-0.2, -0.15) is 0 Å². The lowest BCUT2D eigenvalue weighted by molar-refractivity contribution is -0.118. The van der Waals surface area contributed by atoms with E-state index in [0.717, 1.165) is 46.3 Å². The molecule has 0 bridgehead atoms. The number of H-pyrrole nitrogens is 1. The van der Waals surface area contributed by atoms with Gasteiger partial charge >= 0.3 is 0 Å². The van der Waals surface area contributed by atoms with E-state index in [2.05, 4.69) is 4.98 Å². The van der Waals surface area contributed by atoms with Gasteiger partial charge in [-0.3, -0.25) is 9.59 Å². The van der Waals surface area contributed by atoms with Crippen molar-refractivity contribution in [3.8, 4) is 0 Å². The number of nitrogens with zero attached hydrogens (tertiary/aromatic N) is 2. The Morgan fingerprint density at radius 1 is 1.14 bits per heavy atom. The number of aromatic amines is 1. The van der Waals surface area contributed by atoms with E-state index in [9.17, 15) is 9.59 Å². The minimum absolute atomic E-state index is 0.0441. The van der Waals surface area contributed by atoms with E-state index in [4.69, 9.17) is 11.6 Å². The van der Waals surface area contributed by atoms with Gasteiger partial charge in [-0.25, -0.2) is 0 Å². The third kappa shape index (κ3) is 3.01. The van der Waals surface area contributed by atoms with Crippen molar-refractivity contribution in [3.63, 3.8) is 0 Å². The highest BCUT2D eigenvalue weighted by Gasteiger charge is 2.36. The summed E-state index contributed by atoms with van der Waals surface area (Å²) in [6, 6.07) is 13.7. The van der Waals surface area contributed by atoms with Crippen molar-refractivity contribution in [2.45, 2.75) is 32.2 Å². The Morgan fingerprint density at radius 2 is 1.90 bits per heavy atom. The second kappa shape index (κ2) is 6.92. The summed E-state index contributed by atoms with van der Waals surface area (Å²) in [5.74, 6) is 0.211. The summed E-state index contributed by atoms with van der Waals surface area (Å²) >= 11 is 6.09. The van der Waals surface area contributed by atoms with E-state index >= 15 is 0 Å². The molecule has 5 nitrogen and oxygen atoms in total. The van der Waals surface area contributed by atoms with Crippen LogP contribution < -0.4 is 4.90 Å². The summed E-state index contributed by atoms with van der Waals surface area (Å²) < 4.78 is 0. The van der Waals surface area contributed by atoms with Crippen molar-refractivity contribution in [2.75, 3.05) is 18.0 Å². The number of hydrogen-bond acceptors (Lipinski definition) is 2. The molecule has 0 aliphatic carbocycles. The van der Waals surface area contributed by atoms with E-state index in [1.54, 1.807) is 0 Å². The number of hydrogen-bond donors (Lipinski definition) is 1. The van der Waals surface area contributed by atoms with Crippen molar-refractivity contribution < 1.29 is 9.59 Å². The molecule has 1 fully saturated rings. The summed E-state index contributed by atoms with van der Waals surface area (Å²) in [4.78, 5) is 33.0. The molecule has 29 heavy (non-hydrogen) atoms. The largest absolute Gasteiger partial charge is 0.358 e. The fourth-order valence-electron chi connectivity index (χ4n) is 4.74. The van der Waals surface area contributed by atoms with Gasteiger partial charge in [0, 0.05) is 46.4 Å². The molecule has 3 heterocycles. The highest BCUT2D eigenvalue weighted by molar-refractivity contribution is 6.31. The van der Waals surface area contributed by atoms with E-state index in [1.165, 1.54) is 0 Å². The Balaban J connectivity index is 1.35. The third-order valence-electron chi connectivity index (χ3n) is 6.14. The number of aryl methyl sites for hydroxylation is 1. The predicted octanol–water partition coefficient (Wildman–Crippen LogP) is 4.32. The standard InChI is InChI=1S/C23H22ClN3O2/c1-14-22(18-7-6-16(24)13-19(18)25-14)23(29)26-10-8-17(9-11-26)27-20-5-3-2-4-15(20)12-21(27)28/h2-7,13,17,25H,8-12H2,1H3. The van der Waals surface area contributed by atoms with Crippen LogP contribution >= 0.6 is 11.6 Å². The molecular weight excluding hydrogens is 386 g/mol. The highest BCUT2D eigenvalue weighted by Crippen LogP contribution is 2.34. The first kappa shape index (κ1) is 18.3. The molecule has 148 valence electrons. The number of para-hydroxylation sites is 1. The number of likely N-dealkylation sites (tertiary alicyclic amines) is 1. The molecule has 2 aliphatic rings. The summed E-state index contributed by atoms with van der Waals surface area (Å²) in [6.45, 7) is 3.22. The van der Waals surface area contributed by atoms with Gasteiger partial charge in [0.15, 0.2) is 0 Å². The van der Waals surface area contributed by atoms with Gasteiger partial charge < -0.3 is 14.8 Å². The molecule has 1 N–H and O–H groups in total. The average molecular weight is 408 g/mol. The molecule has 1 aromatic heterocycles.